The molecule has 2 aliphatic carbocycles. The number of aromatic nitrogens is 3. The van der Waals surface area contributed by atoms with E-state index >= 15 is 0 Å². The molecule has 144 valence electrons. The Kier molecular flexibility index (Phi) is 4.62. The molecule has 2 fully saturated rings. The van der Waals surface area contributed by atoms with Crippen LogP contribution in [0.25, 0.3) is 5.82 Å². The fourth-order valence-electron chi connectivity index (χ4n) is 4.02. The van der Waals surface area contributed by atoms with E-state index in [1.54, 1.807) is 23.0 Å². The molecule has 27 heavy (non-hydrogen) atoms. The molecule has 0 aliphatic heterocycles. The van der Waals surface area contributed by atoms with Crippen molar-refractivity contribution in [2.75, 3.05) is 0 Å². The summed E-state index contributed by atoms with van der Waals surface area (Å²) in [4.78, 5) is 16.5. The van der Waals surface area contributed by atoms with Gasteiger partial charge in [-0.3, -0.25) is 0 Å². The summed E-state index contributed by atoms with van der Waals surface area (Å²) in [6.07, 6.45) is 7.08. The van der Waals surface area contributed by atoms with Crippen molar-refractivity contribution in [3.63, 3.8) is 0 Å². The first-order valence-electron chi connectivity index (χ1n) is 9.41. The highest BCUT2D eigenvalue weighted by molar-refractivity contribution is 6.32. The van der Waals surface area contributed by atoms with Crippen LogP contribution in [-0.4, -0.2) is 32.4 Å². The highest BCUT2D eigenvalue weighted by Crippen LogP contribution is 2.45. The predicted molar refractivity (Wildman–Crippen MR) is 101 cm³/mol. The Hall–Kier alpha value is -2.08. The average Bonchev–Trinajstić information content (AvgIpc) is 3.29. The van der Waals surface area contributed by atoms with Crippen molar-refractivity contribution in [2.45, 2.75) is 58.2 Å². The van der Waals surface area contributed by atoms with Gasteiger partial charge in [-0.05, 0) is 70.4 Å². The van der Waals surface area contributed by atoms with Crippen LogP contribution in [0.1, 0.15) is 56.8 Å². The minimum absolute atomic E-state index is 0.0906. The number of fused-ring (bicyclic) bond motifs is 2. The highest BCUT2D eigenvalue weighted by Gasteiger charge is 2.41. The number of esters is 1. The van der Waals surface area contributed by atoms with Gasteiger partial charge in [-0.25, -0.2) is 14.5 Å². The first-order chi connectivity index (χ1) is 12.8. The van der Waals surface area contributed by atoms with Crippen LogP contribution in [0.3, 0.4) is 0 Å². The first-order valence-corrected chi connectivity index (χ1v) is 9.79. The van der Waals surface area contributed by atoms with E-state index in [9.17, 15) is 4.79 Å². The van der Waals surface area contributed by atoms with E-state index in [0.29, 0.717) is 17.6 Å². The number of halogens is 1. The molecule has 2 aromatic rings. The third-order valence-corrected chi connectivity index (χ3v) is 5.49. The molecule has 0 aromatic carbocycles. The van der Waals surface area contributed by atoms with E-state index in [1.807, 2.05) is 26.8 Å². The average molecular weight is 390 g/mol. The number of carbonyl (C=O) groups is 1. The molecule has 2 bridgehead atoms. The lowest BCUT2D eigenvalue weighted by molar-refractivity contribution is 0.00693. The van der Waals surface area contributed by atoms with E-state index < -0.39 is 11.6 Å². The Morgan fingerprint density at radius 1 is 1.22 bits per heavy atom. The molecule has 3 atom stereocenters. The summed E-state index contributed by atoms with van der Waals surface area (Å²) in [7, 11) is 0. The third-order valence-electron chi connectivity index (χ3n) is 5.20. The second kappa shape index (κ2) is 6.82. The van der Waals surface area contributed by atoms with E-state index in [1.165, 1.54) is 19.3 Å². The topological polar surface area (TPSA) is 66.2 Å². The van der Waals surface area contributed by atoms with Gasteiger partial charge in [0.25, 0.3) is 0 Å². The molecular weight excluding hydrogens is 366 g/mol. The van der Waals surface area contributed by atoms with Crippen molar-refractivity contribution in [3.05, 3.63) is 35.1 Å². The maximum Gasteiger partial charge on any atom is 0.341 e. The monoisotopic (exact) mass is 389 g/mol. The molecule has 7 heteroatoms. The van der Waals surface area contributed by atoms with Gasteiger partial charge in [0.15, 0.2) is 5.82 Å². The molecule has 6 nitrogen and oxygen atoms in total. The van der Waals surface area contributed by atoms with Gasteiger partial charge in [-0.1, -0.05) is 11.6 Å². The van der Waals surface area contributed by atoms with Gasteiger partial charge < -0.3 is 9.47 Å². The van der Waals surface area contributed by atoms with Crippen molar-refractivity contribution in [3.8, 4) is 11.7 Å². The number of carbonyl (C=O) groups excluding carboxylic acids is 1. The number of ether oxygens (including phenoxy) is 2. The van der Waals surface area contributed by atoms with Crippen LogP contribution in [0.2, 0.25) is 5.15 Å². The van der Waals surface area contributed by atoms with Gasteiger partial charge in [0.05, 0.1) is 5.56 Å². The van der Waals surface area contributed by atoms with E-state index in [0.717, 1.165) is 12.3 Å². The van der Waals surface area contributed by atoms with Gasteiger partial charge in [-0.2, -0.15) is 0 Å². The smallest absolute Gasteiger partial charge is 0.341 e. The Bertz CT molecular complexity index is 858. The summed E-state index contributed by atoms with van der Waals surface area (Å²) in [5, 5.41) is 4.55. The molecule has 2 saturated carbocycles. The Balaban J connectivity index is 1.47. The van der Waals surface area contributed by atoms with Gasteiger partial charge in [0, 0.05) is 12.3 Å². The van der Waals surface area contributed by atoms with Gasteiger partial charge in [0.1, 0.15) is 16.9 Å². The van der Waals surface area contributed by atoms with Crippen LogP contribution >= 0.6 is 11.6 Å². The number of hydrogen-bond donors (Lipinski definition) is 0. The molecule has 0 amide bonds. The molecule has 0 radical (unpaired) electrons. The summed E-state index contributed by atoms with van der Waals surface area (Å²) < 4.78 is 13.0. The van der Waals surface area contributed by atoms with Gasteiger partial charge in [-0.15, -0.1) is 5.10 Å². The fraction of sp³-hybridized carbons (Fsp3) is 0.550. The first kappa shape index (κ1) is 18.3. The minimum atomic E-state index is -0.590. The zero-order chi connectivity index (χ0) is 19.2. The Morgan fingerprint density at radius 3 is 2.67 bits per heavy atom. The van der Waals surface area contributed by atoms with Crippen molar-refractivity contribution in [1.29, 1.82) is 0 Å². The molecule has 2 heterocycles. The molecule has 0 spiro atoms. The standard InChI is InChI=1S/C20H24ClN3O3/c1-20(2,3)27-19(25)14-6-7-16(22-18(14)21)24-9-8-17(23-24)26-15-11-12-4-5-13(15)10-12/h6-9,12-13,15H,4-5,10-11H2,1-3H3/t12-,13+,15-/m0/s1. The molecule has 4 rings (SSSR count). The molecule has 0 saturated heterocycles. The summed E-state index contributed by atoms with van der Waals surface area (Å²) in [5.41, 5.74) is -0.353. The maximum absolute atomic E-state index is 12.2. The van der Waals surface area contributed by atoms with Crippen molar-refractivity contribution >= 4 is 17.6 Å². The summed E-state index contributed by atoms with van der Waals surface area (Å²) >= 11 is 6.21. The molecule has 2 aliphatic rings. The van der Waals surface area contributed by atoms with E-state index in [2.05, 4.69) is 10.1 Å². The highest BCUT2D eigenvalue weighted by atomic mass is 35.5. The Morgan fingerprint density at radius 2 is 2.04 bits per heavy atom. The number of pyridine rings is 1. The van der Waals surface area contributed by atoms with Crippen LogP contribution in [0.15, 0.2) is 24.4 Å². The minimum Gasteiger partial charge on any atom is -0.473 e. The maximum atomic E-state index is 12.2. The van der Waals surface area contributed by atoms with Crippen molar-refractivity contribution in [1.82, 2.24) is 14.8 Å². The molecular formula is C20H24ClN3O3. The summed E-state index contributed by atoms with van der Waals surface area (Å²) in [5.74, 6) is 2.12. The normalized spacial score (nSPS) is 24.2. The van der Waals surface area contributed by atoms with Crippen molar-refractivity contribution < 1.29 is 14.3 Å². The summed E-state index contributed by atoms with van der Waals surface area (Å²) in [6, 6.07) is 5.14. The SMILES string of the molecule is CC(C)(C)OC(=O)c1ccc(-n2ccc(O[C@H]3C[C@H]4CC[C@@H]3C4)n2)nc1Cl. The second-order valence-electron chi connectivity index (χ2n) is 8.44. The zero-order valence-corrected chi connectivity index (χ0v) is 16.6. The van der Waals surface area contributed by atoms with Crippen LogP contribution in [0.5, 0.6) is 5.88 Å². The van der Waals surface area contributed by atoms with Gasteiger partial charge in [0.2, 0.25) is 5.88 Å². The van der Waals surface area contributed by atoms with Crippen LogP contribution < -0.4 is 4.74 Å². The summed E-state index contributed by atoms with van der Waals surface area (Å²) in [6.45, 7) is 5.42. The lowest BCUT2D eigenvalue weighted by atomic mass is 9.98. The van der Waals surface area contributed by atoms with Crippen LogP contribution in [-0.2, 0) is 4.74 Å². The second-order valence-corrected chi connectivity index (χ2v) is 8.80. The van der Waals surface area contributed by atoms with Crippen LogP contribution in [0, 0.1) is 11.8 Å². The number of rotatable bonds is 4. The zero-order valence-electron chi connectivity index (χ0n) is 15.8. The lowest BCUT2D eigenvalue weighted by Gasteiger charge is -2.21. The quantitative estimate of drug-likeness (QED) is 0.571. The van der Waals surface area contributed by atoms with Gasteiger partial charge >= 0.3 is 5.97 Å². The van der Waals surface area contributed by atoms with E-state index in [4.69, 9.17) is 21.1 Å². The third kappa shape index (κ3) is 3.95. The molecule has 0 unspecified atom stereocenters. The number of hydrogen-bond acceptors (Lipinski definition) is 5. The van der Waals surface area contributed by atoms with Crippen molar-refractivity contribution in [2.24, 2.45) is 11.8 Å². The lowest BCUT2D eigenvalue weighted by Crippen LogP contribution is -2.24. The fourth-order valence-corrected chi connectivity index (χ4v) is 4.25. The Labute approximate surface area is 163 Å². The predicted octanol–water partition coefficient (Wildman–Crippen LogP) is 4.44. The van der Waals surface area contributed by atoms with E-state index in [-0.39, 0.29) is 16.8 Å². The molecule has 2 aromatic heterocycles. The molecule has 0 N–H and O–H groups in total. The van der Waals surface area contributed by atoms with Crippen LogP contribution in [0.4, 0.5) is 0 Å². The largest absolute Gasteiger partial charge is 0.473 e. The number of nitrogens with zero attached hydrogens (tertiary/aromatic N) is 3.